The van der Waals surface area contributed by atoms with Crippen LogP contribution in [0.15, 0.2) is 41.3 Å². The van der Waals surface area contributed by atoms with Gasteiger partial charge in [-0.15, -0.1) is 0 Å². The third-order valence-electron chi connectivity index (χ3n) is 5.26. The summed E-state index contributed by atoms with van der Waals surface area (Å²) in [6.45, 7) is 7.07. The molecule has 0 aromatic heterocycles. The zero-order chi connectivity index (χ0) is 19.6. The number of nitrogens with one attached hydrogen (secondary N) is 1. The van der Waals surface area contributed by atoms with E-state index < -0.39 is 10.0 Å². The monoisotopic (exact) mass is 391 g/mol. The molecule has 0 atom stereocenters. The average molecular weight is 392 g/mol. The summed E-state index contributed by atoms with van der Waals surface area (Å²) in [7, 11) is -1.93. The molecule has 2 N–H and O–H groups in total. The number of benzene rings is 2. The molecule has 1 aliphatic heterocycles. The lowest BCUT2D eigenvalue weighted by Gasteiger charge is -2.31. The molecule has 0 aliphatic carbocycles. The Labute approximate surface area is 161 Å². The highest BCUT2D eigenvalue weighted by Gasteiger charge is 2.30. The minimum Gasteiger partial charge on any atom is -0.507 e. The van der Waals surface area contributed by atoms with Gasteiger partial charge in [-0.2, -0.15) is 4.31 Å². The molecule has 146 valence electrons. The summed E-state index contributed by atoms with van der Waals surface area (Å²) in [6.07, 6.45) is 0. The number of methoxy groups -OCH3 is 1. The summed E-state index contributed by atoms with van der Waals surface area (Å²) in [5.74, 6) is 0.954. The second-order valence-electron chi connectivity index (χ2n) is 7.07. The molecule has 1 heterocycles. The molecule has 7 heteroatoms. The Balaban J connectivity index is 1.65. The molecular weight excluding hydrogens is 364 g/mol. The number of piperazine rings is 1. The molecule has 6 nitrogen and oxygen atoms in total. The summed E-state index contributed by atoms with van der Waals surface area (Å²) >= 11 is 0. The largest absolute Gasteiger partial charge is 0.507 e. The molecule has 0 saturated carbocycles. The van der Waals surface area contributed by atoms with E-state index >= 15 is 0 Å². The van der Waals surface area contributed by atoms with Crippen LogP contribution in [-0.2, 0) is 16.6 Å². The highest BCUT2D eigenvalue weighted by molar-refractivity contribution is 7.89. The number of aryl methyl sites for hydroxylation is 2. The van der Waals surface area contributed by atoms with E-state index in [9.17, 15) is 13.5 Å². The fourth-order valence-electron chi connectivity index (χ4n) is 3.39. The van der Waals surface area contributed by atoms with Crippen LogP contribution >= 0.6 is 0 Å². The Bertz CT molecular complexity index is 902. The molecule has 1 fully saturated rings. The Morgan fingerprint density at radius 1 is 1.07 bits per heavy atom. The van der Waals surface area contributed by atoms with Crippen LogP contribution in [0.4, 0.5) is 0 Å². The van der Waals surface area contributed by atoms with Gasteiger partial charge in [-0.05, 0) is 61.4 Å². The molecule has 2 aromatic rings. The highest BCUT2D eigenvalue weighted by atomic mass is 32.2. The number of quaternary nitrogens is 1. The lowest BCUT2D eigenvalue weighted by atomic mass is 10.0. The third-order valence-corrected chi connectivity index (χ3v) is 7.18. The maximum Gasteiger partial charge on any atom is 0.243 e. The summed E-state index contributed by atoms with van der Waals surface area (Å²) in [5, 5.41) is 10.2. The Morgan fingerprint density at radius 3 is 2.26 bits per heavy atom. The van der Waals surface area contributed by atoms with E-state index in [4.69, 9.17) is 4.74 Å². The normalized spacial score (nSPS) is 16.4. The molecule has 27 heavy (non-hydrogen) atoms. The minimum absolute atomic E-state index is 0.290. The Kier molecular flexibility index (Phi) is 5.74. The van der Waals surface area contributed by atoms with E-state index in [0.29, 0.717) is 49.1 Å². The van der Waals surface area contributed by atoms with Crippen molar-refractivity contribution in [1.29, 1.82) is 0 Å². The van der Waals surface area contributed by atoms with Gasteiger partial charge in [0.25, 0.3) is 0 Å². The standard InChI is InChI=1S/C20H26N2O4S/c1-15-12-17(20(23)13-16(15)2)14-21-8-10-22(11-9-21)27(24,25)19-6-4-18(26-3)5-7-19/h4-7,12-13,23H,8-11,14H2,1-3H3/p+1. The van der Waals surface area contributed by atoms with Crippen LogP contribution < -0.4 is 9.64 Å². The SMILES string of the molecule is COc1ccc(S(=O)(=O)N2CC[NH+](Cc3cc(C)c(C)cc3O)CC2)cc1. The summed E-state index contributed by atoms with van der Waals surface area (Å²) < 4.78 is 32.3. The van der Waals surface area contributed by atoms with Crippen molar-refractivity contribution in [2.24, 2.45) is 0 Å². The predicted octanol–water partition coefficient (Wildman–Crippen LogP) is 1.11. The van der Waals surface area contributed by atoms with E-state index in [2.05, 4.69) is 0 Å². The number of ether oxygens (including phenoxy) is 1. The van der Waals surface area contributed by atoms with Crippen molar-refractivity contribution in [2.75, 3.05) is 33.3 Å². The minimum atomic E-state index is -3.49. The number of phenolic OH excluding ortho intramolecular Hbond substituents is 1. The van der Waals surface area contributed by atoms with Gasteiger partial charge in [0.15, 0.2) is 0 Å². The van der Waals surface area contributed by atoms with Crippen molar-refractivity contribution in [3.63, 3.8) is 0 Å². The van der Waals surface area contributed by atoms with Crippen molar-refractivity contribution in [3.8, 4) is 11.5 Å². The molecule has 1 aliphatic rings. The van der Waals surface area contributed by atoms with Crippen LogP contribution in [0, 0.1) is 13.8 Å². The van der Waals surface area contributed by atoms with Gasteiger partial charge in [-0.25, -0.2) is 8.42 Å². The number of nitrogens with zero attached hydrogens (tertiary/aromatic N) is 1. The second-order valence-corrected chi connectivity index (χ2v) is 9.01. The van der Waals surface area contributed by atoms with Crippen molar-refractivity contribution in [1.82, 2.24) is 4.31 Å². The summed E-state index contributed by atoms with van der Waals surface area (Å²) in [4.78, 5) is 1.56. The first-order chi connectivity index (χ1) is 12.8. The topological polar surface area (TPSA) is 71.3 Å². The first-order valence-corrected chi connectivity index (χ1v) is 10.5. The van der Waals surface area contributed by atoms with Gasteiger partial charge >= 0.3 is 0 Å². The van der Waals surface area contributed by atoms with Crippen LogP contribution in [0.5, 0.6) is 11.5 Å². The Morgan fingerprint density at radius 2 is 1.67 bits per heavy atom. The first-order valence-electron chi connectivity index (χ1n) is 9.08. The van der Waals surface area contributed by atoms with Gasteiger partial charge in [0.2, 0.25) is 10.0 Å². The van der Waals surface area contributed by atoms with E-state index in [0.717, 1.165) is 16.7 Å². The van der Waals surface area contributed by atoms with Crippen molar-refractivity contribution in [2.45, 2.75) is 25.3 Å². The molecule has 1 saturated heterocycles. The van der Waals surface area contributed by atoms with Crippen LogP contribution in [0.3, 0.4) is 0 Å². The zero-order valence-corrected chi connectivity index (χ0v) is 16.8. The van der Waals surface area contributed by atoms with Crippen LogP contribution in [0.25, 0.3) is 0 Å². The molecular formula is C20H27N2O4S+. The van der Waals surface area contributed by atoms with Gasteiger partial charge in [0.05, 0.1) is 38.2 Å². The number of rotatable bonds is 5. The van der Waals surface area contributed by atoms with Crippen molar-refractivity contribution < 1.29 is 23.2 Å². The first kappa shape index (κ1) is 19.7. The summed E-state index contributed by atoms with van der Waals surface area (Å²) in [6, 6.07) is 10.3. The molecule has 0 unspecified atom stereocenters. The maximum atomic E-state index is 12.8. The van der Waals surface area contributed by atoms with E-state index in [1.54, 1.807) is 41.7 Å². The smallest absolute Gasteiger partial charge is 0.243 e. The number of hydrogen-bond acceptors (Lipinski definition) is 4. The molecule has 0 spiro atoms. The van der Waals surface area contributed by atoms with E-state index in [1.165, 1.54) is 4.90 Å². The maximum absolute atomic E-state index is 12.8. The van der Waals surface area contributed by atoms with Gasteiger partial charge < -0.3 is 14.7 Å². The van der Waals surface area contributed by atoms with Gasteiger partial charge in [0, 0.05) is 5.56 Å². The van der Waals surface area contributed by atoms with Gasteiger partial charge in [0.1, 0.15) is 18.0 Å². The number of hydrogen-bond donors (Lipinski definition) is 2. The fraction of sp³-hybridized carbons (Fsp3) is 0.400. The number of phenols is 1. The molecule has 2 aromatic carbocycles. The number of sulfonamides is 1. The van der Waals surface area contributed by atoms with E-state index in [1.807, 2.05) is 19.9 Å². The average Bonchev–Trinajstić information content (AvgIpc) is 2.66. The van der Waals surface area contributed by atoms with Crippen molar-refractivity contribution >= 4 is 10.0 Å². The molecule has 0 amide bonds. The van der Waals surface area contributed by atoms with Gasteiger partial charge in [-0.1, -0.05) is 0 Å². The highest BCUT2D eigenvalue weighted by Crippen LogP contribution is 2.22. The third kappa shape index (κ3) is 4.26. The zero-order valence-electron chi connectivity index (χ0n) is 16.0. The molecule has 3 rings (SSSR count). The lowest BCUT2D eigenvalue weighted by Crippen LogP contribution is -3.13. The van der Waals surface area contributed by atoms with Crippen LogP contribution in [-0.4, -0.2) is 51.1 Å². The van der Waals surface area contributed by atoms with Crippen LogP contribution in [0.2, 0.25) is 0 Å². The molecule has 0 radical (unpaired) electrons. The second kappa shape index (κ2) is 7.88. The predicted molar refractivity (Wildman–Crippen MR) is 104 cm³/mol. The summed E-state index contributed by atoms with van der Waals surface area (Å²) in [5.41, 5.74) is 3.14. The van der Waals surface area contributed by atoms with E-state index in [-0.39, 0.29) is 0 Å². The lowest BCUT2D eigenvalue weighted by molar-refractivity contribution is -0.917. The van der Waals surface area contributed by atoms with Gasteiger partial charge in [-0.3, -0.25) is 0 Å². The molecule has 0 bridgehead atoms. The Hall–Kier alpha value is -2.09. The quantitative estimate of drug-likeness (QED) is 0.801. The fourth-order valence-corrected chi connectivity index (χ4v) is 4.83. The van der Waals surface area contributed by atoms with Crippen molar-refractivity contribution in [3.05, 3.63) is 53.1 Å². The van der Waals surface area contributed by atoms with Crippen LogP contribution in [0.1, 0.15) is 16.7 Å². The number of aromatic hydroxyl groups is 1.